The summed E-state index contributed by atoms with van der Waals surface area (Å²) in [5.74, 6) is -0.992. The smallest absolute Gasteiger partial charge is 0.154 e. The van der Waals surface area contributed by atoms with Crippen LogP contribution in [0.15, 0.2) is 0 Å². The predicted molar refractivity (Wildman–Crippen MR) is 63.7 cm³/mol. The van der Waals surface area contributed by atoms with Gasteiger partial charge in [0.25, 0.3) is 0 Å². The number of hydrogen-bond donors (Lipinski definition) is 2. The first kappa shape index (κ1) is 13.2. The minimum Gasteiger partial charge on any atom is -0.507 e. The molecule has 4 heteroatoms. The van der Waals surface area contributed by atoms with Crippen LogP contribution in [0.4, 0.5) is 0 Å². The summed E-state index contributed by atoms with van der Waals surface area (Å²) in [6.45, 7) is 6.20. The maximum absolute atomic E-state index is 11.4. The fourth-order valence-electron chi connectivity index (χ4n) is 1.93. The number of Topliss-reactive ketones (excluding diaryl/α,β-unsaturated/α-hetero) is 1. The van der Waals surface area contributed by atoms with E-state index in [9.17, 15) is 19.8 Å². The van der Waals surface area contributed by atoms with Gasteiger partial charge in [0.05, 0.1) is 5.56 Å². The van der Waals surface area contributed by atoms with Gasteiger partial charge in [0.2, 0.25) is 0 Å². The zero-order valence-corrected chi connectivity index (χ0v) is 10.4. The summed E-state index contributed by atoms with van der Waals surface area (Å²) >= 11 is 0. The van der Waals surface area contributed by atoms with Crippen molar-refractivity contribution in [3.63, 3.8) is 0 Å². The van der Waals surface area contributed by atoms with Crippen LogP contribution in [0.5, 0.6) is 11.5 Å². The van der Waals surface area contributed by atoms with Gasteiger partial charge in [-0.15, -0.1) is 0 Å². The molecule has 4 nitrogen and oxygen atoms in total. The Labute approximate surface area is 99.9 Å². The molecule has 1 aromatic carbocycles. The van der Waals surface area contributed by atoms with Gasteiger partial charge in [-0.2, -0.15) is 0 Å². The lowest BCUT2D eigenvalue weighted by molar-refractivity contribution is -0.118. The number of aromatic hydroxyl groups is 2. The highest BCUT2D eigenvalue weighted by Gasteiger charge is 2.24. The normalized spacial score (nSPS) is 12.2. The Morgan fingerprint density at radius 2 is 1.71 bits per heavy atom. The first-order valence-electron chi connectivity index (χ1n) is 5.33. The van der Waals surface area contributed by atoms with Crippen LogP contribution in [0.25, 0.3) is 0 Å². The number of carbonyl (C=O) groups is 2. The monoisotopic (exact) mass is 236 g/mol. The number of aldehydes is 1. The highest BCUT2D eigenvalue weighted by atomic mass is 16.3. The average Bonchev–Trinajstić information content (AvgIpc) is 2.29. The van der Waals surface area contributed by atoms with Crippen LogP contribution in [-0.2, 0) is 4.79 Å². The Hall–Kier alpha value is -1.84. The molecule has 17 heavy (non-hydrogen) atoms. The molecule has 0 aliphatic heterocycles. The molecule has 0 saturated heterocycles. The van der Waals surface area contributed by atoms with Gasteiger partial charge >= 0.3 is 0 Å². The molecule has 1 atom stereocenters. The van der Waals surface area contributed by atoms with E-state index in [-0.39, 0.29) is 28.4 Å². The lowest BCUT2D eigenvalue weighted by atomic mass is 9.87. The Bertz CT molecular complexity index is 489. The van der Waals surface area contributed by atoms with E-state index in [1.54, 1.807) is 13.8 Å². The number of phenolic OH excluding ortho intramolecular Hbond substituents is 2. The van der Waals surface area contributed by atoms with Crippen molar-refractivity contribution in [2.75, 3.05) is 0 Å². The Morgan fingerprint density at radius 3 is 2.12 bits per heavy atom. The number of rotatable bonds is 3. The molecule has 2 N–H and O–H groups in total. The van der Waals surface area contributed by atoms with E-state index >= 15 is 0 Å². The van der Waals surface area contributed by atoms with Gasteiger partial charge in [-0.25, -0.2) is 0 Å². The SMILES string of the molecule is CC(=O)[C@@H](C)c1c(C)c(O)c(C)c(O)c1C=O. The molecule has 92 valence electrons. The number of benzene rings is 1. The van der Waals surface area contributed by atoms with Crippen LogP contribution < -0.4 is 0 Å². The van der Waals surface area contributed by atoms with Gasteiger partial charge in [-0.1, -0.05) is 6.92 Å². The van der Waals surface area contributed by atoms with Crippen LogP contribution in [0.2, 0.25) is 0 Å². The van der Waals surface area contributed by atoms with Crippen molar-refractivity contribution in [1.82, 2.24) is 0 Å². The van der Waals surface area contributed by atoms with Gasteiger partial charge in [0.15, 0.2) is 6.29 Å². The van der Waals surface area contributed by atoms with Crippen LogP contribution in [0.3, 0.4) is 0 Å². The van der Waals surface area contributed by atoms with Crippen LogP contribution in [0.1, 0.15) is 46.8 Å². The summed E-state index contributed by atoms with van der Waals surface area (Å²) in [7, 11) is 0. The molecule has 0 spiro atoms. The van der Waals surface area contributed by atoms with Crippen molar-refractivity contribution in [3.05, 3.63) is 22.3 Å². The molecule has 0 heterocycles. The molecule has 1 rings (SSSR count). The highest BCUT2D eigenvalue weighted by Crippen LogP contribution is 2.39. The van der Waals surface area contributed by atoms with Crippen LogP contribution >= 0.6 is 0 Å². The van der Waals surface area contributed by atoms with Gasteiger partial charge in [-0.05, 0) is 31.9 Å². The third kappa shape index (κ3) is 2.02. The summed E-state index contributed by atoms with van der Waals surface area (Å²) < 4.78 is 0. The number of ketones is 1. The maximum Gasteiger partial charge on any atom is 0.154 e. The predicted octanol–water partition coefficient (Wildman–Crippen LogP) is 2.22. The lowest BCUT2D eigenvalue weighted by Gasteiger charge is -2.18. The second-order valence-corrected chi connectivity index (χ2v) is 4.22. The largest absolute Gasteiger partial charge is 0.507 e. The van der Waals surface area contributed by atoms with Crippen molar-refractivity contribution >= 4 is 12.1 Å². The number of hydrogen-bond acceptors (Lipinski definition) is 4. The highest BCUT2D eigenvalue weighted by molar-refractivity contribution is 5.91. The third-order valence-corrected chi connectivity index (χ3v) is 3.18. The van der Waals surface area contributed by atoms with Gasteiger partial charge in [-0.3, -0.25) is 9.59 Å². The molecule has 1 aromatic rings. The summed E-state index contributed by atoms with van der Waals surface area (Å²) in [4.78, 5) is 22.4. The topological polar surface area (TPSA) is 74.6 Å². The quantitative estimate of drug-likeness (QED) is 0.789. The minimum absolute atomic E-state index is 0.0730. The molecule has 0 aliphatic carbocycles. The van der Waals surface area contributed by atoms with E-state index in [0.717, 1.165) is 0 Å². The molecule has 0 amide bonds. The van der Waals surface area contributed by atoms with Gasteiger partial charge in [0.1, 0.15) is 17.3 Å². The first-order chi connectivity index (χ1) is 7.82. The zero-order chi connectivity index (χ0) is 13.3. The zero-order valence-electron chi connectivity index (χ0n) is 10.4. The second-order valence-electron chi connectivity index (χ2n) is 4.22. The molecular weight excluding hydrogens is 220 g/mol. The van der Waals surface area contributed by atoms with E-state index < -0.39 is 5.92 Å². The van der Waals surface area contributed by atoms with Gasteiger partial charge < -0.3 is 10.2 Å². The van der Waals surface area contributed by atoms with Crippen molar-refractivity contribution in [2.24, 2.45) is 0 Å². The van der Waals surface area contributed by atoms with Crippen molar-refractivity contribution in [2.45, 2.75) is 33.6 Å². The van der Waals surface area contributed by atoms with Crippen molar-refractivity contribution in [3.8, 4) is 11.5 Å². The van der Waals surface area contributed by atoms with E-state index in [1.807, 2.05) is 0 Å². The van der Waals surface area contributed by atoms with E-state index in [0.29, 0.717) is 17.4 Å². The number of carbonyl (C=O) groups excluding carboxylic acids is 2. The fraction of sp³-hybridized carbons (Fsp3) is 0.385. The van der Waals surface area contributed by atoms with Crippen LogP contribution in [0, 0.1) is 13.8 Å². The lowest BCUT2D eigenvalue weighted by Crippen LogP contribution is -2.10. The third-order valence-electron chi connectivity index (χ3n) is 3.18. The molecule has 0 fully saturated rings. The van der Waals surface area contributed by atoms with Gasteiger partial charge in [0, 0.05) is 11.5 Å². The molecule has 0 unspecified atom stereocenters. The summed E-state index contributed by atoms with van der Waals surface area (Å²) in [6, 6.07) is 0. The fourth-order valence-corrected chi connectivity index (χ4v) is 1.93. The molecular formula is C13H16O4. The number of phenols is 2. The Morgan fingerprint density at radius 1 is 1.18 bits per heavy atom. The maximum atomic E-state index is 11.4. The molecule has 0 radical (unpaired) electrons. The average molecular weight is 236 g/mol. The Balaban J connectivity index is 3.69. The summed E-state index contributed by atoms with van der Waals surface area (Å²) in [5.41, 5.74) is 1.20. The van der Waals surface area contributed by atoms with E-state index in [2.05, 4.69) is 0 Å². The first-order valence-corrected chi connectivity index (χ1v) is 5.33. The second kappa shape index (κ2) is 4.57. The summed E-state index contributed by atoms with van der Waals surface area (Å²) in [5, 5.41) is 19.6. The van der Waals surface area contributed by atoms with E-state index in [4.69, 9.17) is 0 Å². The molecule has 0 aromatic heterocycles. The Kier molecular flexibility index (Phi) is 3.56. The molecule has 0 bridgehead atoms. The van der Waals surface area contributed by atoms with Crippen molar-refractivity contribution in [1.29, 1.82) is 0 Å². The van der Waals surface area contributed by atoms with Crippen LogP contribution in [-0.4, -0.2) is 22.3 Å². The summed E-state index contributed by atoms with van der Waals surface area (Å²) in [6.07, 6.45) is 0.517. The molecule has 0 aliphatic rings. The van der Waals surface area contributed by atoms with E-state index in [1.165, 1.54) is 13.8 Å². The minimum atomic E-state index is -0.535. The van der Waals surface area contributed by atoms with Crippen molar-refractivity contribution < 1.29 is 19.8 Å². The molecule has 0 saturated carbocycles. The standard InChI is InChI=1S/C13H16O4/c1-6(9(4)15)11-7(2)12(16)8(3)13(17)10(11)5-14/h5-6,16-17H,1-4H3/t6-/m1/s1.